The van der Waals surface area contributed by atoms with Crippen LogP contribution in [0.5, 0.6) is 0 Å². The number of aromatic carboxylic acids is 1. The molecule has 1 aromatic heterocycles. The van der Waals surface area contributed by atoms with Gasteiger partial charge in [0.2, 0.25) is 0 Å². The molecule has 0 amide bonds. The summed E-state index contributed by atoms with van der Waals surface area (Å²) < 4.78 is 7.51. The minimum Gasteiger partial charge on any atom is -0.478 e. The Labute approximate surface area is 124 Å². The summed E-state index contributed by atoms with van der Waals surface area (Å²) in [5.41, 5.74) is 1.96. The van der Waals surface area contributed by atoms with Crippen LogP contribution in [0.2, 0.25) is 0 Å². The van der Waals surface area contributed by atoms with Gasteiger partial charge in [-0.15, -0.1) is 0 Å². The van der Waals surface area contributed by atoms with Crippen molar-refractivity contribution in [2.75, 3.05) is 13.7 Å². The fourth-order valence-electron chi connectivity index (χ4n) is 2.61. The van der Waals surface area contributed by atoms with Crippen LogP contribution < -0.4 is 0 Å². The number of hydrogen-bond donors (Lipinski definition) is 1. The Morgan fingerprint density at radius 1 is 1.43 bits per heavy atom. The summed E-state index contributed by atoms with van der Waals surface area (Å²) in [6.07, 6.45) is 0.930. The molecule has 0 spiro atoms. The smallest absolute Gasteiger partial charge is 0.335 e. The van der Waals surface area contributed by atoms with Gasteiger partial charge in [0.1, 0.15) is 5.82 Å². The first kappa shape index (κ1) is 15.5. The minimum atomic E-state index is -0.929. The molecule has 0 aliphatic heterocycles. The quantitative estimate of drug-likeness (QED) is 0.885. The predicted molar refractivity (Wildman–Crippen MR) is 82.0 cm³/mol. The van der Waals surface area contributed by atoms with E-state index in [0.717, 1.165) is 23.3 Å². The molecule has 114 valence electrons. The molecule has 5 nitrogen and oxygen atoms in total. The number of rotatable bonds is 6. The van der Waals surface area contributed by atoms with Gasteiger partial charge in [0.25, 0.3) is 0 Å². The Morgan fingerprint density at radius 2 is 2.14 bits per heavy atom. The second kappa shape index (κ2) is 6.26. The molecule has 1 atom stereocenters. The summed E-state index contributed by atoms with van der Waals surface area (Å²) in [7, 11) is 1.69. The molecule has 1 N–H and O–H groups in total. The molecule has 5 heteroatoms. The number of hydrogen-bond acceptors (Lipinski definition) is 3. The Hall–Kier alpha value is -1.88. The Balaban J connectivity index is 2.65. The highest BCUT2D eigenvalue weighted by molar-refractivity contribution is 5.92. The molecule has 0 fully saturated rings. The van der Waals surface area contributed by atoms with Gasteiger partial charge in [-0.2, -0.15) is 0 Å². The second-order valence-corrected chi connectivity index (χ2v) is 5.52. The van der Waals surface area contributed by atoms with E-state index in [-0.39, 0.29) is 17.5 Å². The van der Waals surface area contributed by atoms with Crippen molar-refractivity contribution in [3.8, 4) is 0 Å². The summed E-state index contributed by atoms with van der Waals surface area (Å²) in [6.45, 7) is 6.91. The summed E-state index contributed by atoms with van der Waals surface area (Å²) in [5.74, 6) is 0.300. The first-order chi connectivity index (χ1) is 9.99. The highest BCUT2D eigenvalue weighted by atomic mass is 16.5. The largest absolute Gasteiger partial charge is 0.478 e. The van der Waals surface area contributed by atoms with Crippen molar-refractivity contribution in [3.63, 3.8) is 0 Å². The molecule has 1 aromatic carbocycles. The number of ether oxygens (including phenoxy) is 1. The highest BCUT2D eigenvalue weighted by Gasteiger charge is 2.20. The van der Waals surface area contributed by atoms with Crippen LogP contribution in [0, 0.1) is 0 Å². The Morgan fingerprint density at radius 3 is 2.67 bits per heavy atom. The minimum absolute atomic E-state index is 0.202. The zero-order chi connectivity index (χ0) is 15.6. The van der Waals surface area contributed by atoms with E-state index in [9.17, 15) is 4.79 Å². The lowest BCUT2D eigenvalue weighted by atomic mass is 10.1. The maximum absolute atomic E-state index is 11.1. The van der Waals surface area contributed by atoms with E-state index < -0.39 is 5.97 Å². The van der Waals surface area contributed by atoms with Gasteiger partial charge in [-0.3, -0.25) is 0 Å². The number of imidazole rings is 1. The molecule has 0 aliphatic carbocycles. The first-order valence-corrected chi connectivity index (χ1v) is 7.23. The van der Waals surface area contributed by atoms with Crippen molar-refractivity contribution in [1.29, 1.82) is 0 Å². The standard InChI is InChI=1S/C16H22N2O3/c1-5-12(9-21-4)18-14-7-6-11(16(19)20)8-13(14)17-15(18)10(2)3/h6-8,10,12H,5,9H2,1-4H3,(H,19,20). The van der Waals surface area contributed by atoms with Gasteiger partial charge in [0.15, 0.2) is 0 Å². The predicted octanol–water partition coefficient (Wildman–Crippen LogP) is 3.46. The van der Waals surface area contributed by atoms with Crippen LogP contribution in [0.15, 0.2) is 18.2 Å². The van der Waals surface area contributed by atoms with Gasteiger partial charge in [-0.1, -0.05) is 20.8 Å². The van der Waals surface area contributed by atoms with Crippen LogP contribution in [-0.2, 0) is 4.74 Å². The number of methoxy groups -OCH3 is 1. The maximum Gasteiger partial charge on any atom is 0.335 e. The Bertz CT molecular complexity index is 646. The Kier molecular flexibility index (Phi) is 4.63. The third-order valence-electron chi connectivity index (χ3n) is 3.68. The van der Waals surface area contributed by atoms with E-state index in [0.29, 0.717) is 6.61 Å². The molecular weight excluding hydrogens is 268 g/mol. The van der Waals surface area contributed by atoms with E-state index >= 15 is 0 Å². The van der Waals surface area contributed by atoms with Crippen molar-refractivity contribution in [1.82, 2.24) is 9.55 Å². The van der Waals surface area contributed by atoms with Gasteiger partial charge in [0, 0.05) is 13.0 Å². The monoisotopic (exact) mass is 290 g/mol. The molecule has 2 aromatic rings. The van der Waals surface area contributed by atoms with Crippen molar-refractivity contribution in [2.24, 2.45) is 0 Å². The summed E-state index contributed by atoms with van der Waals surface area (Å²) in [4.78, 5) is 15.8. The molecule has 0 radical (unpaired) electrons. The van der Waals surface area contributed by atoms with E-state index in [4.69, 9.17) is 9.84 Å². The number of nitrogens with zero attached hydrogens (tertiary/aromatic N) is 2. The molecule has 21 heavy (non-hydrogen) atoms. The molecular formula is C16H22N2O3. The lowest BCUT2D eigenvalue weighted by Gasteiger charge is -2.21. The highest BCUT2D eigenvalue weighted by Crippen LogP contribution is 2.28. The van der Waals surface area contributed by atoms with Crippen LogP contribution in [0.25, 0.3) is 11.0 Å². The van der Waals surface area contributed by atoms with Crippen molar-refractivity contribution < 1.29 is 14.6 Å². The zero-order valence-corrected chi connectivity index (χ0v) is 13.0. The van der Waals surface area contributed by atoms with Crippen LogP contribution in [0.4, 0.5) is 0 Å². The number of carboxylic acids is 1. The normalized spacial score (nSPS) is 13.0. The van der Waals surface area contributed by atoms with Crippen LogP contribution in [-0.4, -0.2) is 34.3 Å². The van der Waals surface area contributed by atoms with Gasteiger partial charge in [0.05, 0.1) is 29.2 Å². The maximum atomic E-state index is 11.1. The number of aromatic nitrogens is 2. The average Bonchev–Trinajstić information content (AvgIpc) is 2.83. The fraction of sp³-hybridized carbons (Fsp3) is 0.500. The topological polar surface area (TPSA) is 64.4 Å². The summed E-state index contributed by atoms with van der Waals surface area (Å²) in [6, 6.07) is 5.32. The molecule has 0 bridgehead atoms. The molecule has 0 saturated heterocycles. The number of carboxylic acid groups (broad SMARTS) is 1. The second-order valence-electron chi connectivity index (χ2n) is 5.52. The third kappa shape index (κ3) is 2.93. The van der Waals surface area contributed by atoms with Gasteiger partial charge in [-0.05, 0) is 24.6 Å². The first-order valence-electron chi connectivity index (χ1n) is 7.23. The zero-order valence-electron chi connectivity index (χ0n) is 13.0. The van der Waals surface area contributed by atoms with Crippen molar-refractivity contribution in [3.05, 3.63) is 29.6 Å². The summed E-state index contributed by atoms with van der Waals surface area (Å²) in [5, 5.41) is 9.11. The average molecular weight is 290 g/mol. The molecule has 1 unspecified atom stereocenters. The van der Waals surface area contributed by atoms with Gasteiger partial charge < -0.3 is 14.4 Å². The van der Waals surface area contributed by atoms with E-state index in [1.807, 2.05) is 6.07 Å². The van der Waals surface area contributed by atoms with E-state index in [1.165, 1.54) is 0 Å². The van der Waals surface area contributed by atoms with Crippen molar-refractivity contribution in [2.45, 2.75) is 39.2 Å². The summed E-state index contributed by atoms with van der Waals surface area (Å²) >= 11 is 0. The van der Waals surface area contributed by atoms with E-state index in [1.54, 1.807) is 19.2 Å². The lowest BCUT2D eigenvalue weighted by molar-refractivity contribution is 0.0697. The molecule has 0 aliphatic rings. The van der Waals surface area contributed by atoms with Crippen LogP contribution in [0.3, 0.4) is 0 Å². The lowest BCUT2D eigenvalue weighted by Crippen LogP contribution is -2.17. The van der Waals surface area contributed by atoms with Crippen LogP contribution >= 0.6 is 0 Å². The third-order valence-corrected chi connectivity index (χ3v) is 3.68. The SMILES string of the molecule is CCC(COC)n1c(C(C)C)nc2cc(C(=O)O)ccc21. The molecule has 0 saturated carbocycles. The molecule has 2 rings (SSSR count). The number of fused-ring (bicyclic) bond motifs is 1. The fourth-order valence-corrected chi connectivity index (χ4v) is 2.61. The van der Waals surface area contributed by atoms with Gasteiger partial charge in [-0.25, -0.2) is 9.78 Å². The van der Waals surface area contributed by atoms with Crippen LogP contribution in [0.1, 0.15) is 55.3 Å². The number of carbonyl (C=O) groups is 1. The van der Waals surface area contributed by atoms with Gasteiger partial charge >= 0.3 is 5.97 Å². The van der Waals surface area contributed by atoms with Crippen molar-refractivity contribution >= 4 is 17.0 Å². The number of benzene rings is 1. The molecule has 1 heterocycles. The van der Waals surface area contributed by atoms with E-state index in [2.05, 4.69) is 30.3 Å².